The normalized spacial score (nSPS) is 15.2. The first kappa shape index (κ1) is 20.0. The van der Waals surface area contributed by atoms with Crippen molar-refractivity contribution in [2.24, 2.45) is 5.92 Å². The van der Waals surface area contributed by atoms with Gasteiger partial charge in [0.25, 0.3) is 0 Å². The van der Waals surface area contributed by atoms with Gasteiger partial charge in [-0.1, -0.05) is 18.2 Å². The van der Waals surface area contributed by atoms with E-state index >= 15 is 0 Å². The van der Waals surface area contributed by atoms with Crippen molar-refractivity contribution >= 4 is 23.2 Å². The molecule has 6 heteroatoms. The predicted octanol–water partition coefficient (Wildman–Crippen LogP) is 3.73. The van der Waals surface area contributed by atoms with Crippen LogP contribution in [0.1, 0.15) is 24.0 Å². The van der Waals surface area contributed by atoms with Crippen molar-refractivity contribution in [1.82, 2.24) is 4.90 Å². The molecule has 148 valence electrons. The first-order valence-electron chi connectivity index (χ1n) is 9.57. The van der Waals surface area contributed by atoms with Crippen LogP contribution in [0.3, 0.4) is 0 Å². The molecule has 1 fully saturated rings. The van der Waals surface area contributed by atoms with Crippen LogP contribution in [0.5, 0.6) is 0 Å². The van der Waals surface area contributed by atoms with Crippen LogP contribution < -0.4 is 10.6 Å². The molecule has 1 aliphatic heterocycles. The molecule has 3 rings (SSSR count). The molecule has 0 unspecified atom stereocenters. The minimum atomic E-state index is -0.334. The average Bonchev–Trinajstić information content (AvgIpc) is 2.67. The lowest BCUT2D eigenvalue weighted by molar-refractivity contribution is -0.121. The summed E-state index contributed by atoms with van der Waals surface area (Å²) in [6.45, 7) is 5.64. The molecule has 2 aromatic rings. The number of halogens is 1. The molecule has 28 heavy (non-hydrogen) atoms. The smallest absolute Gasteiger partial charge is 0.238 e. The van der Waals surface area contributed by atoms with E-state index in [1.807, 2.05) is 36.9 Å². The molecule has 2 N–H and O–H groups in total. The molecule has 2 aromatic carbocycles. The molecular weight excluding hydrogens is 357 g/mol. The Morgan fingerprint density at radius 2 is 1.61 bits per heavy atom. The maximum absolute atomic E-state index is 12.9. The number of amides is 2. The minimum Gasteiger partial charge on any atom is -0.325 e. The standard InChI is InChI=1S/C22H26FN3O2/c1-15-4-3-5-16(2)21(15)25-22(28)17-10-12-26(13-11-17)14-20(27)24-19-8-6-18(23)7-9-19/h3-9,17H,10-14H2,1-2H3,(H,24,27)(H,25,28). The van der Waals surface area contributed by atoms with Gasteiger partial charge in [-0.05, 0) is 75.2 Å². The largest absolute Gasteiger partial charge is 0.325 e. The van der Waals surface area contributed by atoms with Crippen molar-refractivity contribution < 1.29 is 14.0 Å². The van der Waals surface area contributed by atoms with Crippen LogP contribution in [-0.2, 0) is 9.59 Å². The fourth-order valence-electron chi connectivity index (χ4n) is 3.53. The number of piperidine rings is 1. The maximum Gasteiger partial charge on any atom is 0.238 e. The Kier molecular flexibility index (Phi) is 6.41. The van der Waals surface area contributed by atoms with Crippen molar-refractivity contribution in [3.63, 3.8) is 0 Å². The van der Waals surface area contributed by atoms with E-state index in [4.69, 9.17) is 0 Å². The summed E-state index contributed by atoms with van der Waals surface area (Å²) < 4.78 is 12.9. The Bertz CT molecular complexity index is 823. The summed E-state index contributed by atoms with van der Waals surface area (Å²) >= 11 is 0. The van der Waals surface area contributed by atoms with Gasteiger partial charge in [-0.15, -0.1) is 0 Å². The first-order valence-corrected chi connectivity index (χ1v) is 9.57. The minimum absolute atomic E-state index is 0.0459. The zero-order valence-electron chi connectivity index (χ0n) is 16.3. The molecule has 2 amide bonds. The highest BCUT2D eigenvalue weighted by molar-refractivity contribution is 5.94. The predicted molar refractivity (Wildman–Crippen MR) is 109 cm³/mol. The summed E-state index contributed by atoms with van der Waals surface area (Å²) in [6.07, 6.45) is 1.45. The van der Waals surface area contributed by atoms with Crippen LogP contribution in [0.4, 0.5) is 15.8 Å². The molecule has 0 aliphatic carbocycles. The van der Waals surface area contributed by atoms with Crippen LogP contribution in [0.2, 0.25) is 0 Å². The van der Waals surface area contributed by atoms with Gasteiger partial charge in [-0.2, -0.15) is 0 Å². The van der Waals surface area contributed by atoms with E-state index in [-0.39, 0.29) is 30.1 Å². The van der Waals surface area contributed by atoms with Crippen LogP contribution >= 0.6 is 0 Å². The molecule has 1 aliphatic rings. The number of aryl methyl sites for hydroxylation is 2. The topological polar surface area (TPSA) is 61.4 Å². The third-order valence-corrected chi connectivity index (χ3v) is 5.18. The second kappa shape index (κ2) is 8.97. The molecule has 0 radical (unpaired) electrons. The lowest BCUT2D eigenvalue weighted by atomic mass is 9.95. The van der Waals surface area contributed by atoms with Crippen molar-refractivity contribution in [3.8, 4) is 0 Å². The van der Waals surface area contributed by atoms with Gasteiger partial charge < -0.3 is 10.6 Å². The Balaban J connectivity index is 1.46. The number of nitrogens with one attached hydrogen (secondary N) is 2. The highest BCUT2D eigenvalue weighted by Gasteiger charge is 2.26. The first-order chi connectivity index (χ1) is 13.4. The highest BCUT2D eigenvalue weighted by atomic mass is 19.1. The fraction of sp³-hybridized carbons (Fsp3) is 0.364. The lowest BCUT2D eigenvalue weighted by Crippen LogP contribution is -2.41. The number of nitrogens with zero attached hydrogens (tertiary/aromatic N) is 1. The van der Waals surface area contributed by atoms with Crippen molar-refractivity contribution in [2.45, 2.75) is 26.7 Å². The molecule has 5 nitrogen and oxygen atoms in total. The number of carbonyl (C=O) groups excluding carboxylic acids is 2. The highest BCUT2D eigenvalue weighted by Crippen LogP contribution is 2.23. The Labute approximate surface area is 164 Å². The zero-order valence-corrected chi connectivity index (χ0v) is 16.3. The summed E-state index contributed by atoms with van der Waals surface area (Å²) in [5.41, 5.74) is 3.59. The number of hydrogen-bond acceptors (Lipinski definition) is 3. The number of benzene rings is 2. The average molecular weight is 383 g/mol. The third kappa shape index (κ3) is 5.16. The van der Waals surface area contributed by atoms with E-state index in [1.165, 1.54) is 24.3 Å². The summed E-state index contributed by atoms with van der Waals surface area (Å²) in [4.78, 5) is 26.8. The number of para-hydroxylation sites is 1. The monoisotopic (exact) mass is 383 g/mol. The van der Waals surface area contributed by atoms with Gasteiger partial charge in [0, 0.05) is 17.3 Å². The number of rotatable bonds is 5. The van der Waals surface area contributed by atoms with Gasteiger partial charge >= 0.3 is 0 Å². The van der Waals surface area contributed by atoms with Gasteiger partial charge in [0.1, 0.15) is 5.82 Å². The number of hydrogen-bond donors (Lipinski definition) is 2. The lowest BCUT2D eigenvalue weighted by Gasteiger charge is -2.31. The van der Waals surface area contributed by atoms with E-state index in [1.54, 1.807) is 0 Å². The van der Waals surface area contributed by atoms with Gasteiger partial charge in [0.15, 0.2) is 0 Å². The van der Waals surface area contributed by atoms with Crippen molar-refractivity contribution in [3.05, 3.63) is 59.4 Å². The van der Waals surface area contributed by atoms with Gasteiger partial charge in [0.05, 0.1) is 6.54 Å². The quantitative estimate of drug-likeness (QED) is 0.827. The van der Waals surface area contributed by atoms with Gasteiger partial charge in [-0.25, -0.2) is 4.39 Å². The van der Waals surface area contributed by atoms with Gasteiger partial charge in [-0.3, -0.25) is 14.5 Å². The van der Waals surface area contributed by atoms with Crippen molar-refractivity contribution in [1.29, 1.82) is 0 Å². The van der Waals surface area contributed by atoms with Crippen LogP contribution in [0.25, 0.3) is 0 Å². The summed E-state index contributed by atoms with van der Waals surface area (Å²) in [5, 5.41) is 5.84. The summed E-state index contributed by atoms with van der Waals surface area (Å²) in [5.74, 6) is -0.465. The molecular formula is C22H26FN3O2. The second-order valence-electron chi connectivity index (χ2n) is 7.36. The molecule has 1 heterocycles. The maximum atomic E-state index is 12.9. The zero-order chi connectivity index (χ0) is 20.1. The van der Waals surface area contributed by atoms with E-state index in [2.05, 4.69) is 10.6 Å². The van der Waals surface area contributed by atoms with Crippen LogP contribution in [-0.4, -0.2) is 36.3 Å². The van der Waals surface area contributed by atoms with Crippen molar-refractivity contribution in [2.75, 3.05) is 30.3 Å². The Morgan fingerprint density at radius 3 is 2.21 bits per heavy atom. The number of carbonyl (C=O) groups is 2. The molecule has 1 saturated heterocycles. The van der Waals surface area contributed by atoms with Crippen LogP contribution in [0, 0.1) is 25.6 Å². The molecule has 0 spiro atoms. The molecule has 0 bridgehead atoms. The summed E-state index contributed by atoms with van der Waals surface area (Å²) in [7, 11) is 0. The van der Waals surface area contributed by atoms with E-state index in [9.17, 15) is 14.0 Å². The van der Waals surface area contributed by atoms with E-state index < -0.39 is 0 Å². The summed E-state index contributed by atoms with van der Waals surface area (Å²) in [6, 6.07) is 11.7. The van der Waals surface area contributed by atoms with Gasteiger partial charge in [0.2, 0.25) is 11.8 Å². The molecule has 0 saturated carbocycles. The molecule has 0 aromatic heterocycles. The SMILES string of the molecule is Cc1cccc(C)c1NC(=O)C1CCN(CC(=O)Nc2ccc(F)cc2)CC1. The Hall–Kier alpha value is -2.73. The molecule has 0 atom stereocenters. The Morgan fingerprint density at radius 1 is 1.00 bits per heavy atom. The van der Waals surface area contributed by atoms with Crippen LogP contribution in [0.15, 0.2) is 42.5 Å². The third-order valence-electron chi connectivity index (χ3n) is 5.18. The number of likely N-dealkylation sites (tertiary alicyclic amines) is 1. The second-order valence-corrected chi connectivity index (χ2v) is 7.36. The number of anilines is 2. The fourth-order valence-corrected chi connectivity index (χ4v) is 3.53. The van der Waals surface area contributed by atoms with E-state index in [0.29, 0.717) is 18.8 Å². The van der Waals surface area contributed by atoms with E-state index in [0.717, 1.165) is 29.7 Å².